The van der Waals surface area contributed by atoms with E-state index in [1.54, 1.807) is 0 Å². The molecule has 0 fully saturated rings. The van der Waals surface area contributed by atoms with Gasteiger partial charge >= 0.3 is 0 Å². The molecule has 0 spiro atoms. The van der Waals surface area contributed by atoms with E-state index in [1.807, 2.05) is 12.1 Å². The SMILES string of the molecule is c1ccc2c(c1)oc1ccc(-c3ccc(-c4nc5c6ccccc6c6ccccc6c5nc4-n4c5ccc6oc7ccc8c9ccccc9n9c%10cccc4c%10c5c6c7c89)cc3)cc12. The topological polar surface area (TPSA) is 61.4 Å². The summed E-state index contributed by atoms with van der Waals surface area (Å²) in [6, 6.07) is 64.9. The third-order valence-corrected chi connectivity index (χ3v) is 14.0. The largest absolute Gasteiger partial charge is 0.456 e. The fourth-order valence-corrected chi connectivity index (χ4v) is 11.3. The van der Waals surface area contributed by atoms with Crippen LogP contribution >= 0.6 is 0 Å². The summed E-state index contributed by atoms with van der Waals surface area (Å²) in [6.07, 6.45) is 0. The number of rotatable bonds is 3. The number of hydrogen-bond acceptors (Lipinski definition) is 4. The molecule has 294 valence electrons. The molecule has 0 N–H and O–H groups in total. The Labute approximate surface area is 362 Å². The zero-order valence-corrected chi connectivity index (χ0v) is 33.9. The summed E-state index contributed by atoms with van der Waals surface area (Å²) in [5, 5.41) is 13.8. The first-order valence-electron chi connectivity index (χ1n) is 21.7. The third-order valence-electron chi connectivity index (χ3n) is 14.0. The Morgan fingerprint density at radius 1 is 0.328 bits per heavy atom. The summed E-state index contributed by atoms with van der Waals surface area (Å²) < 4.78 is 17.7. The quantitative estimate of drug-likeness (QED) is 0.167. The normalized spacial score (nSPS) is 12.7. The van der Waals surface area contributed by atoms with Crippen LogP contribution in [0.4, 0.5) is 0 Å². The maximum Gasteiger partial charge on any atom is 0.165 e. The molecule has 6 heterocycles. The molecular weight excluding hydrogens is 785 g/mol. The highest BCUT2D eigenvalue weighted by atomic mass is 16.3. The van der Waals surface area contributed by atoms with E-state index in [9.17, 15) is 0 Å². The van der Waals surface area contributed by atoms with Gasteiger partial charge in [0.2, 0.25) is 0 Å². The first-order valence-corrected chi connectivity index (χ1v) is 21.7. The molecule has 0 aliphatic carbocycles. The molecule has 0 saturated carbocycles. The van der Waals surface area contributed by atoms with E-state index in [2.05, 4.69) is 179 Å². The summed E-state index contributed by atoms with van der Waals surface area (Å²) >= 11 is 0. The van der Waals surface area contributed by atoms with Crippen LogP contribution in [0.3, 0.4) is 0 Å². The average molecular weight is 815 g/mol. The number of furan rings is 2. The highest BCUT2D eigenvalue weighted by Gasteiger charge is 2.28. The standard InChI is InChI=1S/C58H30N4O2/c1-3-14-38-34(10-1)35-11-2-4-15-39(35)56-55(38)59-54(32-22-20-31(21-23-32)33-24-27-47-41(30-33)37-13-6-8-19-46(37)63-47)58(60-56)62-44-18-9-17-43-50(44)51-45(62)26-29-48-52(51)53-49(64-48)28-25-40-36-12-5-7-16-42(36)61(43)57(40)53/h1-30H. The number of aromatic nitrogens is 4. The van der Waals surface area contributed by atoms with Crippen LogP contribution in [0.1, 0.15) is 0 Å². The van der Waals surface area contributed by atoms with Gasteiger partial charge in [-0.3, -0.25) is 4.57 Å². The van der Waals surface area contributed by atoms with Crippen LogP contribution in [0.15, 0.2) is 191 Å². The van der Waals surface area contributed by atoms with Gasteiger partial charge in [0.1, 0.15) is 28.0 Å². The molecule has 6 aromatic heterocycles. The summed E-state index contributed by atoms with van der Waals surface area (Å²) in [6.45, 7) is 0. The van der Waals surface area contributed by atoms with Crippen molar-refractivity contribution in [2.45, 2.75) is 0 Å². The van der Waals surface area contributed by atoms with E-state index >= 15 is 0 Å². The average Bonchev–Trinajstić information content (AvgIpc) is 4.09. The fourth-order valence-electron chi connectivity index (χ4n) is 11.3. The van der Waals surface area contributed by atoms with E-state index in [0.29, 0.717) is 0 Å². The molecule has 0 aliphatic heterocycles. The zero-order chi connectivity index (χ0) is 41.4. The van der Waals surface area contributed by atoms with Crippen molar-refractivity contribution in [2.75, 3.05) is 0 Å². The third kappa shape index (κ3) is 4.02. The Kier molecular flexibility index (Phi) is 5.97. The molecular formula is C58H30N4O2. The van der Waals surface area contributed by atoms with E-state index in [0.717, 1.165) is 127 Å². The van der Waals surface area contributed by atoms with Gasteiger partial charge in [-0.1, -0.05) is 121 Å². The molecule has 16 aromatic rings. The van der Waals surface area contributed by atoms with Crippen molar-refractivity contribution in [1.82, 2.24) is 18.9 Å². The molecule has 0 atom stereocenters. The van der Waals surface area contributed by atoms with Crippen molar-refractivity contribution in [3.8, 4) is 28.2 Å². The lowest BCUT2D eigenvalue weighted by Gasteiger charge is -2.16. The van der Waals surface area contributed by atoms with Crippen molar-refractivity contribution >= 4 is 126 Å². The van der Waals surface area contributed by atoms with Gasteiger partial charge in [0.15, 0.2) is 5.82 Å². The van der Waals surface area contributed by atoms with Crippen LogP contribution in [-0.2, 0) is 0 Å². The maximum atomic E-state index is 6.72. The molecule has 0 saturated heterocycles. The molecule has 0 bridgehead atoms. The number of fused-ring (bicyclic) bond motifs is 13. The predicted molar refractivity (Wildman–Crippen MR) is 263 cm³/mol. The first kappa shape index (κ1) is 33.0. The molecule has 6 nitrogen and oxygen atoms in total. The van der Waals surface area contributed by atoms with Crippen molar-refractivity contribution in [3.63, 3.8) is 0 Å². The van der Waals surface area contributed by atoms with Crippen molar-refractivity contribution in [3.05, 3.63) is 182 Å². The van der Waals surface area contributed by atoms with Crippen LogP contribution in [0.5, 0.6) is 0 Å². The van der Waals surface area contributed by atoms with E-state index < -0.39 is 0 Å². The van der Waals surface area contributed by atoms with Crippen LogP contribution in [0, 0.1) is 0 Å². The molecule has 16 rings (SSSR count). The van der Waals surface area contributed by atoms with Gasteiger partial charge in [-0.2, -0.15) is 0 Å². The molecule has 0 radical (unpaired) electrons. The minimum absolute atomic E-state index is 0.777. The van der Waals surface area contributed by atoms with Gasteiger partial charge in [0, 0.05) is 54.0 Å². The zero-order valence-electron chi connectivity index (χ0n) is 33.9. The summed E-state index contributed by atoms with van der Waals surface area (Å²) in [5.74, 6) is 0.777. The van der Waals surface area contributed by atoms with Crippen LogP contribution in [-0.4, -0.2) is 18.9 Å². The number of hydrogen-bond donors (Lipinski definition) is 0. The van der Waals surface area contributed by atoms with Gasteiger partial charge < -0.3 is 13.2 Å². The second kappa shape index (κ2) is 11.6. The number of para-hydroxylation sites is 2. The number of nitrogens with zero attached hydrogens (tertiary/aromatic N) is 4. The Bertz CT molecular complexity index is 4660. The van der Waals surface area contributed by atoms with E-state index in [-0.39, 0.29) is 0 Å². The van der Waals surface area contributed by atoms with Gasteiger partial charge in [0.25, 0.3) is 0 Å². The minimum atomic E-state index is 0.777. The van der Waals surface area contributed by atoms with Crippen molar-refractivity contribution in [1.29, 1.82) is 0 Å². The lowest BCUT2D eigenvalue weighted by molar-refractivity contribution is 0.669. The number of benzene rings is 10. The van der Waals surface area contributed by atoms with Crippen molar-refractivity contribution in [2.24, 2.45) is 0 Å². The van der Waals surface area contributed by atoms with Gasteiger partial charge in [0.05, 0.1) is 44.0 Å². The molecule has 0 aliphatic rings. The van der Waals surface area contributed by atoms with Crippen LogP contribution in [0.2, 0.25) is 0 Å². The van der Waals surface area contributed by atoms with Crippen molar-refractivity contribution < 1.29 is 8.83 Å². The molecule has 0 unspecified atom stereocenters. The lowest BCUT2D eigenvalue weighted by Crippen LogP contribution is -2.04. The van der Waals surface area contributed by atoms with Gasteiger partial charge in [-0.25, -0.2) is 9.97 Å². The molecule has 0 amide bonds. The van der Waals surface area contributed by atoms with Crippen LogP contribution in [0.25, 0.3) is 154 Å². The van der Waals surface area contributed by atoms with E-state index in [1.165, 1.54) is 27.2 Å². The monoisotopic (exact) mass is 814 g/mol. The molecule has 64 heavy (non-hydrogen) atoms. The lowest BCUT2D eigenvalue weighted by atomic mass is 9.98. The second-order valence-electron chi connectivity index (χ2n) is 17.2. The smallest absolute Gasteiger partial charge is 0.165 e. The second-order valence-corrected chi connectivity index (χ2v) is 17.2. The molecule has 10 aromatic carbocycles. The highest BCUT2D eigenvalue weighted by Crippen LogP contribution is 2.49. The Morgan fingerprint density at radius 3 is 1.73 bits per heavy atom. The molecule has 6 heteroatoms. The summed E-state index contributed by atoms with van der Waals surface area (Å²) in [7, 11) is 0. The Balaban J connectivity index is 1.03. The summed E-state index contributed by atoms with van der Waals surface area (Å²) in [4.78, 5) is 11.6. The highest BCUT2D eigenvalue weighted by molar-refractivity contribution is 6.37. The Morgan fingerprint density at radius 2 is 0.906 bits per heavy atom. The Hall–Kier alpha value is -8.74. The minimum Gasteiger partial charge on any atom is -0.456 e. The first-order chi connectivity index (χ1) is 31.7. The predicted octanol–water partition coefficient (Wildman–Crippen LogP) is 15.6. The van der Waals surface area contributed by atoms with Gasteiger partial charge in [-0.05, 0) is 82.6 Å². The van der Waals surface area contributed by atoms with Gasteiger partial charge in [-0.15, -0.1) is 0 Å². The summed E-state index contributed by atoms with van der Waals surface area (Å²) in [5.41, 5.74) is 14.9. The van der Waals surface area contributed by atoms with E-state index in [4.69, 9.17) is 18.8 Å². The van der Waals surface area contributed by atoms with Crippen LogP contribution < -0.4 is 0 Å². The fraction of sp³-hybridized carbons (Fsp3) is 0. The maximum absolute atomic E-state index is 6.72.